The van der Waals surface area contributed by atoms with E-state index in [0.717, 1.165) is 19.3 Å². The van der Waals surface area contributed by atoms with Gasteiger partial charge in [0.05, 0.1) is 0 Å². The summed E-state index contributed by atoms with van der Waals surface area (Å²) in [6, 6.07) is 0. The summed E-state index contributed by atoms with van der Waals surface area (Å²) in [5, 5.41) is 0. The van der Waals surface area contributed by atoms with Crippen LogP contribution in [0.4, 0.5) is 0 Å². The first-order valence-corrected chi connectivity index (χ1v) is 8.76. The van der Waals surface area contributed by atoms with Gasteiger partial charge in [-0.2, -0.15) is 12.6 Å². The maximum atomic E-state index is 4.57. The highest BCUT2D eigenvalue weighted by molar-refractivity contribution is 7.81. The van der Waals surface area contributed by atoms with Crippen LogP contribution in [0, 0.1) is 0 Å². The van der Waals surface area contributed by atoms with Crippen LogP contribution in [0.15, 0.2) is 59.8 Å². The zero-order valence-corrected chi connectivity index (χ0v) is 16.7. The standard InChI is InChI=1S/C11H16S.C8H14.C2H6/c1-5-10-8(2)6-11(4,12)7-9(10)3;1-4-6-8(3)7-5-2;1-2/h5,12H,2-3,6-7H2,1,4H3;4,6-7H,5H2,1-3H3;1-2H3/b;6-4-,8-7-;. The molecular weight excluding hydrogens is 284 g/mol. The summed E-state index contributed by atoms with van der Waals surface area (Å²) < 4.78 is 0.0562. The van der Waals surface area contributed by atoms with Gasteiger partial charge in [-0.25, -0.2) is 0 Å². The van der Waals surface area contributed by atoms with Crippen LogP contribution in [-0.2, 0) is 0 Å². The molecule has 0 nitrogen and oxygen atoms in total. The predicted molar refractivity (Wildman–Crippen MR) is 109 cm³/mol. The van der Waals surface area contributed by atoms with Gasteiger partial charge in [0.15, 0.2) is 0 Å². The molecule has 22 heavy (non-hydrogen) atoms. The summed E-state index contributed by atoms with van der Waals surface area (Å²) in [5.41, 5.74) is 4.94. The lowest BCUT2D eigenvalue weighted by molar-refractivity contribution is 0.615. The van der Waals surface area contributed by atoms with Gasteiger partial charge in [0, 0.05) is 4.75 Å². The Hall–Kier alpha value is -0.950. The molecule has 0 spiro atoms. The van der Waals surface area contributed by atoms with E-state index in [0.29, 0.717) is 0 Å². The third-order valence-electron chi connectivity index (χ3n) is 3.19. The molecule has 1 heteroatoms. The van der Waals surface area contributed by atoms with Crippen LogP contribution in [-0.4, -0.2) is 4.75 Å². The summed E-state index contributed by atoms with van der Waals surface area (Å²) in [7, 11) is 0. The molecule has 0 saturated heterocycles. The fraction of sp³-hybridized carbons (Fsp3) is 0.524. The molecule has 0 aromatic heterocycles. The third-order valence-corrected chi connectivity index (χ3v) is 3.51. The molecule has 0 aliphatic heterocycles. The van der Waals surface area contributed by atoms with Crippen molar-refractivity contribution in [2.24, 2.45) is 0 Å². The van der Waals surface area contributed by atoms with Crippen LogP contribution in [0.5, 0.6) is 0 Å². The van der Waals surface area contributed by atoms with Gasteiger partial charge in [-0.05, 0) is 56.8 Å². The van der Waals surface area contributed by atoms with Crippen LogP contribution >= 0.6 is 12.6 Å². The largest absolute Gasteiger partial charge is 0.172 e. The van der Waals surface area contributed by atoms with Crippen molar-refractivity contribution in [3.63, 3.8) is 0 Å². The van der Waals surface area contributed by atoms with Crippen molar-refractivity contribution in [3.8, 4) is 0 Å². The zero-order chi connectivity index (χ0) is 17.8. The smallest absolute Gasteiger partial charge is 0.0182 e. The van der Waals surface area contributed by atoms with Gasteiger partial charge in [0.2, 0.25) is 0 Å². The van der Waals surface area contributed by atoms with E-state index >= 15 is 0 Å². The number of hydrogen-bond donors (Lipinski definition) is 1. The van der Waals surface area contributed by atoms with Crippen molar-refractivity contribution in [2.45, 2.75) is 72.5 Å². The van der Waals surface area contributed by atoms with Crippen molar-refractivity contribution >= 4 is 12.6 Å². The molecule has 1 aliphatic carbocycles. The van der Waals surface area contributed by atoms with Crippen molar-refractivity contribution in [1.82, 2.24) is 0 Å². The van der Waals surface area contributed by atoms with Crippen LogP contribution in [0.1, 0.15) is 67.7 Å². The van der Waals surface area contributed by atoms with Gasteiger partial charge >= 0.3 is 0 Å². The van der Waals surface area contributed by atoms with E-state index in [9.17, 15) is 0 Å². The number of rotatable bonds is 2. The Bertz CT molecular complexity index is 409. The van der Waals surface area contributed by atoms with Crippen LogP contribution in [0.25, 0.3) is 0 Å². The maximum Gasteiger partial charge on any atom is 0.0182 e. The minimum Gasteiger partial charge on any atom is -0.172 e. The third kappa shape index (κ3) is 9.89. The molecule has 0 aromatic rings. The minimum atomic E-state index is 0.0562. The van der Waals surface area contributed by atoms with Crippen LogP contribution in [0.3, 0.4) is 0 Å². The maximum absolute atomic E-state index is 4.57. The molecule has 0 heterocycles. The second-order valence-electron chi connectivity index (χ2n) is 5.62. The molecule has 0 aromatic carbocycles. The molecule has 0 atom stereocenters. The first kappa shape index (κ1) is 23.3. The molecule has 1 rings (SSSR count). The zero-order valence-electron chi connectivity index (χ0n) is 15.8. The van der Waals surface area contributed by atoms with Gasteiger partial charge in [-0.1, -0.05) is 70.7 Å². The van der Waals surface area contributed by atoms with Gasteiger partial charge in [-0.15, -0.1) is 0 Å². The lowest BCUT2D eigenvalue weighted by Crippen LogP contribution is -2.24. The van der Waals surface area contributed by atoms with E-state index < -0.39 is 0 Å². The summed E-state index contributed by atoms with van der Waals surface area (Å²) in [4.78, 5) is 0. The molecule has 126 valence electrons. The van der Waals surface area contributed by atoms with Crippen LogP contribution in [0.2, 0.25) is 0 Å². The molecule has 0 N–H and O–H groups in total. The summed E-state index contributed by atoms with van der Waals surface area (Å²) in [6.45, 7) is 22.5. The van der Waals surface area contributed by atoms with E-state index in [2.05, 4.69) is 70.9 Å². The van der Waals surface area contributed by atoms with E-state index in [1.165, 1.54) is 22.3 Å². The second-order valence-corrected chi connectivity index (χ2v) is 6.70. The number of hydrogen-bond acceptors (Lipinski definition) is 1. The van der Waals surface area contributed by atoms with E-state index in [1.54, 1.807) is 0 Å². The van der Waals surface area contributed by atoms with Crippen LogP contribution < -0.4 is 0 Å². The highest BCUT2D eigenvalue weighted by atomic mass is 32.1. The van der Waals surface area contributed by atoms with Crippen molar-refractivity contribution in [2.75, 3.05) is 0 Å². The average molecular weight is 321 g/mol. The quantitative estimate of drug-likeness (QED) is 0.396. The Morgan fingerprint density at radius 3 is 1.95 bits per heavy atom. The topological polar surface area (TPSA) is 0 Å². The predicted octanol–water partition coefficient (Wildman–Crippen LogP) is 7.47. The fourth-order valence-corrected chi connectivity index (χ4v) is 2.87. The molecule has 0 unspecified atom stereocenters. The average Bonchev–Trinajstić information content (AvgIpc) is 2.40. The monoisotopic (exact) mass is 320 g/mol. The first-order valence-electron chi connectivity index (χ1n) is 8.31. The Morgan fingerprint density at radius 2 is 1.64 bits per heavy atom. The van der Waals surface area contributed by atoms with E-state index in [4.69, 9.17) is 0 Å². The Morgan fingerprint density at radius 1 is 1.18 bits per heavy atom. The SMILES string of the molecule is C/C=C\C(C)=C/CC.C=C1CC(C)(S)CC(=C)C1=CC.CC. The van der Waals surface area contributed by atoms with Crippen molar-refractivity contribution < 1.29 is 0 Å². The molecule has 1 aliphatic rings. The first-order chi connectivity index (χ1) is 10.3. The van der Waals surface area contributed by atoms with Crippen molar-refractivity contribution in [3.05, 3.63) is 59.8 Å². The lowest BCUT2D eigenvalue weighted by atomic mass is 9.80. The minimum absolute atomic E-state index is 0.0562. The highest BCUT2D eigenvalue weighted by Crippen LogP contribution is 2.41. The van der Waals surface area contributed by atoms with E-state index in [1.807, 2.05) is 27.7 Å². The summed E-state index contributed by atoms with van der Waals surface area (Å²) in [5.74, 6) is 0. The summed E-state index contributed by atoms with van der Waals surface area (Å²) >= 11 is 4.57. The second kappa shape index (κ2) is 12.6. The van der Waals surface area contributed by atoms with Gasteiger partial charge < -0.3 is 0 Å². The molecule has 1 saturated carbocycles. The Kier molecular flexibility index (Phi) is 13.3. The fourth-order valence-electron chi connectivity index (χ4n) is 2.48. The molecular formula is C21H36S. The molecule has 1 fully saturated rings. The number of allylic oxidation sites excluding steroid dienone is 8. The molecule has 0 radical (unpaired) electrons. The lowest BCUT2D eigenvalue weighted by Gasteiger charge is -2.33. The highest BCUT2D eigenvalue weighted by Gasteiger charge is 2.28. The summed E-state index contributed by atoms with van der Waals surface area (Å²) in [6.07, 6.45) is 11.5. The number of thiol groups is 1. The Labute approximate surface area is 145 Å². The normalized spacial score (nSPS) is 21.8. The van der Waals surface area contributed by atoms with Gasteiger partial charge in [0.25, 0.3) is 0 Å². The van der Waals surface area contributed by atoms with Crippen molar-refractivity contribution in [1.29, 1.82) is 0 Å². The van der Waals surface area contributed by atoms with E-state index in [-0.39, 0.29) is 4.75 Å². The molecule has 0 bridgehead atoms. The Balaban J connectivity index is 0. The molecule has 0 amide bonds. The van der Waals surface area contributed by atoms with Gasteiger partial charge in [-0.3, -0.25) is 0 Å². The van der Waals surface area contributed by atoms with Gasteiger partial charge in [0.1, 0.15) is 0 Å².